The minimum absolute atomic E-state index is 0.293. The Morgan fingerprint density at radius 3 is 3.06 bits per heavy atom. The largest absolute Gasteiger partial charge is 0.386 e. The molecule has 1 N–H and O–H groups in total. The lowest BCUT2D eigenvalue weighted by Gasteiger charge is -2.27. The summed E-state index contributed by atoms with van der Waals surface area (Å²) in [7, 11) is 0. The third-order valence-electron chi connectivity index (χ3n) is 2.49. The van der Waals surface area contributed by atoms with Crippen LogP contribution in [0.1, 0.15) is 11.7 Å². The average Bonchev–Trinajstić information content (AvgIpc) is 2.33. The van der Waals surface area contributed by atoms with Gasteiger partial charge in [0, 0.05) is 17.1 Å². The summed E-state index contributed by atoms with van der Waals surface area (Å²) in [5, 5.41) is 10.1. The summed E-state index contributed by atoms with van der Waals surface area (Å²) in [4.78, 5) is 0. The second kappa shape index (κ2) is 5.49. The van der Waals surface area contributed by atoms with Gasteiger partial charge in [0.05, 0.1) is 17.2 Å². The molecule has 1 saturated heterocycles. The van der Waals surface area contributed by atoms with Crippen LogP contribution in [0.15, 0.2) is 22.7 Å². The highest BCUT2D eigenvalue weighted by molar-refractivity contribution is 9.10. The quantitative estimate of drug-likeness (QED) is 0.911. The van der Waals surface area contributed by atoms with Crippen molar-refractivity contribution in [1.82, 2.24) is 0 Å². The molecule has 2 rings (SSSR count). The maximum absolute atomic E-state index is 13.7. The van der Waals surface area contributed by atoms with Crippen LogP contribution in [0.4, 0.5) is 4.39 Å². The number of benzene rings is 1. The monoisotopic (exact) mass is 306 g/mol. The van der Waals surface area contributed by atoms with Crippen LogP contribution >= 0.6 is 27.7 Å². The molecule has 0 spiro atoms. The van der Waals surface area contributed by atoms with E-state index < -0.39 is 11.9 Å². The van der Waals surface area contributed by atoms with Gasteiger partial charge >= 0.3 is 0 Å². The highest BCUT2D eigenvalue weighted by Gasteiger charge is 2.26. The molecule has 0 aromatic heterocycles. The van der Waals surface area contributed by atoms with Crippen molar-refractivity contribution in [3.8, 4) is 0 Å². The lowest BCUT2D eigenvalue weighted by molar-refractivity contribution is -0.0242. The van der Waals surface area contributed by atoms with E-state index in [9.17, 15) is 9.50 Å². The summed E-state index contributed by atoms with van der Waals surface area (Å²) >= 11 is 4.82. The molecule has 2 atom stereocenters. The van der Waals surface area contributed by atoms with Crippen molar-refractivity contribution in [1.29, 1.82) is 0 Å². The number of halogens is 2. The van der Waals surface area contributed by atoms with E-state index in [4.69, 9.17) is 4.74 Å². The number of thioether (sulfide) groups is 1. The fraction of sp³-hybridized carbons (Fsp3) is 0.455. The number of hydrogen-bond donors (Lipinski definition) is 1. The van der Waals surface area contributed by atoms with Crippen molar-refractivity contribution in [3.05, 3.63) is 34.1 Å². The molecule has 1 aromatic rings. The van der Waals surface area contributed by atoms with Crippen molar-refractivity contribution in [2.45, 2.75) is 12.2 Å². The Hall–Kier alpha value is -0.100. The Bertz CT molecular complexity index is 369. The number of ether oxygens (including phenoxy) is 1. The topological polar surface area (TPSA) is 29.5 Å². The smallest absolute Gasteiger partial charge is 0.143 e. The number of aliphatic hydroxyl groups excluding tert-OH is 1. The van der Waals surface area contributed by atoms with Crippen LogP contribution in [0.2, 0.25) is 0 Å². The zero-order valence-corrected chi connectivity index (χ0v) is 10.9. The summed E-state index contributed by atoms with van der Waals surface area (Å²) in [5.41, 5.74) is 0.293. The fourth-order valence-corrected chi connectivity index (χ4v) is 2.91. The van der Waals surface area contributed by atoms with Crippen molar-refractivity contribution in [2.75, 3.05) is 18.1 Å². The first kappa shape index (κ1) is 12.4. The van der Waals surface area contributed by atoms with E-state index in [0.29, 0.717) is 22.4 Å². The molecule has 0 bridgehead atoms. The second-order valence-corrected chi connectivity index (χ2v) is 5.58. The minimum Gasteiger partial charge on any atom is -0.386 e. The first-order valence-electron chi connectivity index (χ1n) is 5.01. The van der Waals surface area contributed by atoms with Crippen LogP contribution in [-0.2, 0) is 4.74 Å². The van der Waals surface area contributed by atoms with Crippen LogP contribution in [-0.4, -0.2) is 29.3 Å². The number of rotatable bonds is 2. The van der Waals surface area contributed by atoms with E-state index in [1.165, 1.54) is 0 Å². The maximum Gasteiger partial charge on any atom is 0.143 e. The summed E-state index contributed by atoms with van der Waals surface area (Å²) in [5.74, 6) is 1.23. The van der Waals surface area contributed by atoms with Gasteiger partial charge in [0.25, 0.3) is 0 Å². The SMILES string of the molecule is OC(c1cccc(Br)c1F)C1CSCCO1. The fourth-order valence-electron chi connectivity index (χ4n) is 1.64. The van der Waals surface area contributed by atoms with Gasteiger partial charge in [-0.2, -0.15) is 11.8 Å². The van der Waals surface area contributed by atoms with Crippen LogP contribution < -0.4 is 0 Å². The molecule has 88 valence electrons. The van der Waals surface area contributed by atoms with E-state index in [1.54, 1.807) is 30.0 Å². The standard InChI is InChI=1S/C11H12BrFO2S/c12-8-3-1-2-7(10(8)13)11(14)9-6-16-5-4-15-9/h1-3,9,11,14H,4-6H2. The number of hydrogen-bond acceptors (Lipinski definition) is 3. The van der Waals surface area contributed by atoms with Crippen molar-refractivity contribution >= 4 is 27.7 Å². The summed E-state index contributed by atoms with van der Waals surface area (Å²) in [6.45, 7) is 0.613. The van der Waals surface area contributed by atoms with Crippen LogP contribution in [0.3, 0.4) is 0 Å². The van der Waals surface area contributed by atoms with E-state index in [1.807, 2.05) is 0 Å². The molecule has 1 heterocycles. The molecular formula is C11H12BrFO2S. The number of aliphatic hydroxyl groups is 1. The van der Waals surface area contributed by atoms with Crippen LogP contribution in [0.25, 0.3) is 0 Å². The predicted octanol–water partition coefficient (Wildman–Crippen LogP) is 2.75. The van der Waals surface area contributed by atoms with Gasteiger partial charge in [-0.3, -0.25) is 0 Å². The summed E-state index contributed by atoms with van der Waals surface area (Å²) in [6.07, 6.45) is -1.21. The molecule has 0 saturated carbocycles. The second-order valence-electron chi connectivity index (χ2n) is 3.57. The first-order valence-corrected chi connectivity index (χ1v) is 6.96. The Balaban J connectivity index is 2.19. The Labute approximate surface area is 106 Å². The third kappa shape index (κ3) is 2.59. The van der Waals surface area contributed by atoms with Crippen LogP contribution in [0, 0.1) is 5.82 Å². The molecule has 5 heteroatoms. The van der Waals surface area contributed by atoms with Gasteiger partial charge < -0.3 is 9.84 Å². The molecule has 16 heavy (non-hydrogen) atoms. The van der Waals surface area contributed by atoms with Gasteiger partial charge in [-0.1, -0.05) is 12.1 Å². The van der Waals surface area contributed by atoms with Crippen molar-refractivity contribution in [3.63, 3.8) is 0 Å². The van der Waals surface area contributed by atoms with Gasteiger partial charge in [0.1, 0.15) is 11.9 Å². The summed E-state index contributed by atoms with van der Waals surface area (Å²) < 4.78 is 19.5. The van der Waals surface area contributed by atoms with E-state index in [0.717, 1.165) is 5.75 Å². The third-order valence-corrected chi connectivity index (χ3v) is 4.13. The molecule has 1 aliphatic rings. The Morgan fingerprint density at radius 2 is 2.38 bits per heavy atom. The Kier molecular flexibility index (Phi) is 4.24. The molecule has 1 fully saturated rings. The summed E-state index contributed by atoms with van der Waals surface area (Å²) in [6, 6.07) is 4.91. The maximum atomic E-state index is 13.7. The Morgan fingerprint density at radius 1 is 1.56 bits per heavy atom. The van der Waals surface area contributed by atoms with Gasteiger partial charge in [0.2, 0.25) is 0 Å². The van der Waals surface area contributed by atoms with Crippen molar-refractivity contribution in [2.24, 2.45) is 0 Å². The highest BCUT2D eigenvalue weighted by Crippen LogP contribution is 2.29. The molecule has 1 aromatic carbocycles. The van der Waals surface area contributed by atoms with E-state index in [-0.39, 0.29) is 6.10 Å². The van der Waals surface area contributed by atoms with Gasteiger partial charge in [-0.05, 0) is 22.0 Å². The lowest BCUT2D eigenvalue weighted by atomic mass is 10.0. The first-order chi connectivity index (χ1) is 7.70. The average molecular weight is 307 g/mol. The predicted molar refractivity (Wildman–Crippen MR) is 66.1 cm³/mol. The zero-order chi connectivity index (χ0) is 11.5. The molecule has 0 amide bonds. The van der Waals surface area contributed by atoms with Gasteiger partial charge in [0.15, 0.2) is 0 Å². The van der Waals surface area contributed by atoms with Gasteiger partial charge in [-0.25, -0.2) is 4.39 Å². The highest BCUT2D eigenvalue weighted by atomic mass is 79.9. The van der Waals surface area contributed by atoms with Gasteiger partial charge in [-0.15, -0.1) is 0 Å². The van der Waals surface area contributed by atoms with E-state index in [2.05, 4.69) is 15.9 Å². The van der Waals surface area contributed by atoms with E-state index >= 15 is 0 Å². The molecule has 2 nitrogen and oxygen atoms in total. The lowest BCUT2D eigenvalue weighted by Crippen LogP contribution is -2.30. The van der Waals surface area contributed by atoms with Crippen molar-refractivity contribution < 1.29 is 14.2 Å². The minimum atomic E-state index is -0.898. The normalized spacial score (nSPS) is 23.1. The molecule has 0 aliphatic carbocycles. The zero-order valence-electron chi connectivity index (χ0n) is 8.53. The molecule has 0 radical (unpaired) electrons. The molecule has 2 unspecified atom stereocenters. The molecular weight excluding hydrogens is 295 g/mol. The molecule has 1 aliphatic heterocycles. The van der Waals surface area contributed by atoms with Crippen LogP contribution in [0.5, 0.6) is 0 Å².